The number of hydrogen-bond acceptors (Lipinski definition) is 10. The fourth-order valence-electron chi connectivity index (χ4n) is 3.74. The summed E-state index contributed by atoms with van der Waals surface area (Å²) in [7, 11) is 1.38. The zero-order valence-electron chi connectivity index (χ0n) is 18.3. The van der Waals surface area contributed by atoms with E-state index in [0.29, 0.717) is 15.5 Å². The van der Waals surface area contributed by atoms with E-state index in [9.17, 15) is 22.8 Å². The molecule has 1 aliphatic rings. The summed E-state index contributed by atoms with van der Waals surface area (Å²) in [6.07, 6.45) is -3.67. The number of rotatable bonds is 5. The Morgan fingerprint density at radius 2 is 2.00 bits per heavy atom. The molecule has 16 heteroatoms. The summed E-state index contributed by atoms with van der Waals surface area (Å²) in [6, 6.07) is 6.01. The van der Waals surface area contributed by atoms with Gasteiger partial charge in [0.15, 0.2) is 17.5 Å². The zero-order chi connectivity index (χ0) is 26.5. The van der Waals surface area contributed by atoms with Crippen LogP contribution in [0, 0.1) is 0 Å². The molecular formula is C21H12ClF3N8O3S. The van der Waals surface area contributed by atoms with Crippen LogP contribution >= 0.6 is 22.9 Å². The van der Waals surface area contributed by atoms with E-state index in [1.54, 1.807) is 6.07 Å². The van der Waals surface area contributed by atoms with Gasteiger partial charge < -0.3 is 10.5 Å². The molecule has 37 heavy (non-hydrogen) atoms. The normalized spacial score (nSPS) is 13.2. The summed E-state index contributed by atoms with van der Waals surface area (Å²) in [5.74, 6) is 0.201. The van der Waals surface area contributed by atoms with Crippen molar-refractivity contribution >= 4 is 51.4 Å². The van der Waals surface area contributed by atoms with Gasteiger partial charge in [-0.25, -0.2) is 19.4 Å². The van der Waals surface area contributed by atoms with Crippen LogP contribution in [0.25, 0.3) is 27.2 Å². The number of halogens is 4. The number of methoxy groups -OCH3 is 1. The van der Waals surface area contributed by atoms with Crippen molar-refractivity contribution in [1.29, 1.82) is 0 Å². The number of alkyl halides is 3. The Morgan fingerprint density at radius 1 is 1.22 bits per heavy atom. The summed E-state index contributed by atoms with van der Waals surface area (Å²) in [6.45, 7) is 0. The molecule has 0 unspecified atom stereocenters. The molecule has 1 aromatic carbocycles. The molecule has 1 amide bonds. The fraction of sp³-hybridized carbons (Fsp3) is 0.0952. The average molecular weight is 549 g/mol. The number of carbonyl (C=O) groups excluding carboxylic acids is 2. The Hall–Kier alpha value is -4.46. The van der Waals surface area contributed by atoms with Crippen LogP contribution in [-0.4, -0.2) is 44.5 Å². The van der Waals surface area contributed by atoms with Gasteiger partial charge >= 0.3 is 6.18 Å². The number of pyridine rings is 1. The van der Waals surface area contributed by atoms with Gasteiger partial charge in [-0.05, 0) is 18.2 Å². The number of primary amides is 1. The van der Waals surface area contributed by atoms with Gasteiger partial charge in [-0.2, -0.15) is 23.3 Å². The van der Waals surface area contributed by atoms with E-state index in [-0.39, 0.29) is 38.3 Å². The van der Waals surface area contributed by atoms with Gasteiger partial charge in [0.2, 0.25) is 11.7 Å². The Kier molecular flexibility index (Phi) is 5.82. The number of hydrogen-bond donors (Lipinski definition) is 3. The van der Waals surface area contributed by atoms with E-state index < -0.39 is 29.0 Å². The molecule has 0 saturated carbocycles. The quantitative estimate of drug-likeness (QED) is 0.322. The highest BCUT2D eigenvalue weighted by Crippen LogP contribution is 2.41. The molecule has 1 aliphatic heterocycles. The maximum Gasteiger partial charge on any atom is 0.434 e. The third kappa shape index (κ3) is 4.04. The smallest absolute Gasteiger partial charge is 0.434 e. The number of nitrogens with zero attached hydrogens (tertiary/aromatic N) is 5. The first-order valence-electron chi connectivity index (χ1n) is 10.1. The standard InChI is InChI=1S/C21H12ClF3N8O3S/c1-36-19-9-3-2-4-10(8(9)5-6-27-19)33-15(21(23,24)25)12(17(26)35)13(32-33)20-29-14(16(22)37-20)18-28-11(7-34)30-31-18/h2-6,30H,1H3,(H2,26,35)(H,28,31). The highest BCUT2D eigenvalue weighted by atomic mass is 35.5. The second-order valence-corrected chi connectivity index (χ2v) is 8.94. The van der Waals surface area contributed by atoms with Gasteiger partial charge in [-0.15, -0.1) is 0 Å². The molecule has 4 aromatic rings. The van der Waals surface area contributed by atoms with Crippen LogP contribution in [0.1, 0.15) is 21.7 Å². The minimum atomic E-state index is -5.04. The van der Waals surface area contributed by atoms with Gasteiger partial charge in [0, 0.05) is 17.0 Å². The lowest BCUT2D eigenvalue weighted by atomic mass is 10.1. The van der Waals surface area contributed by atoms with Crippen molar-refractivity contribution in [2.24, 2.45) is 10.7 Å². The van der Waals surface area contributed by atoms with Gasteiger partial charge in [-0.3, -0.25) is 15.6 Å². The molecule has 0 fully saturated rings. The predicted molar refractivity (Wildman–Crippen MR) is 127 cm³/mol. The molecule has 0 spiro atoms. The van der Waals surface area contributed by atoms with Crippen molar-refractivity contribution in [3.8, 4) is 22.3 Å². The second kappa shape index (κ2) is 8.89. The Morgan fingerprint density at radius 3 is 2.65 bits per heavy atom. The van der Waals surface area contributed by atoms with Crippen molar-refractivity contribution in [3.63, 3.8) is 0 Å². The van der Waals surface area contributed by atoms with Crippen LogP contribution in [0.2, 0.25) is 4.34 Å². The summed E-state index contributed by atoms with van der Waals surface area (Å²) in [5.41, 5.74) is 7.70. The minimum Gasteiger partial charge on any atom is -0.481 e. The Balaban J connectivity index is 1.79. The summed E-state index contributed by atoms with van der Waals surface area (Å²) in [5, 5.41) is 4.75. The van der Waals surface area contributed by atoms with Crippen LogP contribution in [0.5, 0.6) is 5.88 Å². The third-order valence-electron chi connectivity index (χ3n) is 5.20. The molecule has 0 saturated heterocycles. The van der Waals surface area contributed by atoms with E-state index >= 15 is 0 Å². The first-order chi connectivity index (χ1) is 17.6. The van der Waals surface area contributed by atoms with Crippen LogP contribution in [-0.2, 0) is 11.0 Å². The molecule has 0 bridgehead atoms. The zero-order valence-corrected chi connectivity index (χ0v) is 19.9. The number of amidine groups is 1. The lowest BCUT2D eigenvalue weighted by molar-refractivity contribution is -0.143. The number of fused-ring (bicyclic) bond motifs is 1. The molecule has 4 heterocycles. The molecule has 0 radical (unpaired) electrons. The van der Waals surface area contributed by atoms with Crippen LogP contribution in [0.4, 0.5) is 13.2 Å². The number of amides is 1. The van der Waals surface area contributed by atoms with E-state index in [0.717, 1.165) is 11.3 Å². The van der Waals surface area contributed by atoms with Crippen molar-refractivity contribution in [2.45, 2.75) is 6.18 Å². The molecule has 5 rings (SSSR count). The summed E-state index contributed by atoms with van der Waals surface area (Å²) in [4.78, 5) is 35.4. The van der Waals surface area contributed by atoms with E-state index in [4.69, 9.17) is 22.1 Å². The van der Waals surface area contributed by atoms with Crippen molar-refractivity contribution < 1.29 is 27.5 Å². The first kappa shape index (κ1) is 24.2. The second-order valence-electron chi connectivity index (χ2n) is 7.34. The first-order valence-corrected chi connectivity index (χ1v) is 11.3. The molecule has 188 valence electrons. The van der Waals surface area contributed by atoms with Gasteiger partial charge in [0.1, 0.15) is 26.3 Å². The monoisotopic (exact) mass is 548 g/mol. The van der Waals surface area contributed by atoms with E-state index in [1.165, 1.54) is 37.4 Å². The molecule has 11 nitrogen and oxygen atoms in total. The predicted octanol–water partition coefficient (Wildman–Crippen LogP) is 2.85. The molecule has 4 N–H and O–H groups in total. The Labute approximate surface area is 213 Å². The number of aromatic nitrogens is 4. The highest BCUT2D eigenvalue weighted by molar-refractivity contribution is 7.19. The Bertz CT molecular complexity index is 1670. The number of nitrogens with one attached hydrogen (secondary N) is 2. The number of nitrogens with two attached hydrogens (primary N) is 1. The third-order valence-corrected chi connectivity index (χ3v) is 6.46. The van der Waals surface area contributed by atoms with Gasteiger partial charge in [-0.1, -0.05) is 29.0 Å². The molecule has 3 aromatic heterocycles. The largest absolute Gasteiger partial charge is 0.481 e. The lowest BCUT2D eigenvalue weighted by Crippen LogP contribution is -2.30. The van der Waals surface area contributed by atoms with Crippen LogP contribution < -0.4 is 21.3 Å². The fourth-order valence-corrected chi connectivity index (χ4v) is 4.88. The number of hydrazine groups is 1. The van der Waals surface area contributed by atoms with Gasteiger partial charge in [0.25, 0.3) is 5.91 Å². The van der Waals surface area contributed by atoms with Crippen molar-refractivity contribution in [2.75, 3.05) is 7.11 Å². The van der Waals surface area contributed by atoms with Crippen molar-refractivity contribution in [1.82, 2.24) is 30.6 Å². The molecular weight excluding hydrogens is 537 g/mol. The maximum atomic E-state index is 14.4. The molecule has 0 aliphatic carbocycles. The van der Waals surface area contributed by atoms with E-state index in [1.807, 2.05) is 0 Å². The average Bonchev–Trinajstić information content (AvgIpc) is 3.59. The van der Waals surface area contributed by atoms with Crippen molar-refractivity contribution in [3.05, 3.63) is 57.6 Å². The van der Waals surface area contributed by atoms with E-state index in [2.05, 4.69) is 30.9 Å². The summed E-state index contributed by atoms with van der Waals surface area (Å²) < 4.78 is 49.1. The van der Waals surface area contributed by atoms with Crippen LogP contribution in [0.15, 0.2) is 41.3 Å². The highest BCUT2D eigenvalue weighted by Gasteiger charge is 2.43. The SMILES string of the molecule is COc1nccc2c(-n3nc(-c4nc(C5=NC(=C=O)NN5)c(Cl)s4)c(C(N)=O)c3C(F)(F)F)cccc12. The maximum absolute atomic E-state index is 14.4. The topological polar surface area (TPSA) is 149 Å². The number of benzene rings is 1. The minimum absolute atomic E-state index is 0.00560. The molecule has 0 atom stereocenters. The number of aliphatic imine (C=N–C) groups is 1. The summed E-state index contributed by atoms with van der Waals surface area (Å²) >= 11 is 7.02. The van der Waals surface area contributed by atoms with Gasteiger partial charge in [0.05, 0.1) is 12.8 Å². The number of carbonyl (C=O) groups is 1. The number of thiazole rings is 1. The number of ether oxygens (including phenoxy) is 1. The lowest BCUT2D eigenvalue weighted by Gasteiger charge is -2.14. The van der Waals surface area contributed by atoms with Crippen LogP contribution in [0.3, 0.4) is 0 Å².